The van der Waals surface area contributed by atoms with Gasteiger partial charge in [-0.15, -0.1) is 6.42 Å². The van der Waals surface area contributed by atoms with Crippen molar-refractivity contribution in [3.05, 3.63) is 28.8 Å². The third kappa shape index (κ3) is 4.00. The van der Waals surface area contributed by atoms with E-state index in [1.807, 2.05) is 0 Å². The topological polar surface area (TPSA) is 75.6 Å². The molecule has 1 amide bonds. The van der Waals surface area contributed by atoms with E-state index in [9.17, 15) is 9.59 Å². The van der Waals surface area contributed by atoms with Gasteiger partial charge in [0.15, 0.2) is 6.61 Å². The van der Waals surface area contributed by atoms with Crippen LogP contribution in [0.1, 0.15) is 10.4 Å². The first kappa shape index (κ1) is 13.9. The van der Waals surface area contributed by atoms with Gasteiger partial charge < -0.3 is 15.2 Å². The van der Waals surface area contributed by atoms with E-state index in [1.165, 1.54) is 18.2 Å². The summed E-state index contributed by atoms with van der Waals surface area (Å²) in [6.45, 7) is -0.133. The standard InChI is InChI=1S/C12H10ClNO4/c1-2-5-14-11(15)7-18-8-3-4-10(13)9(6-8)12(16)17/h1,3-4,6H,5,7H2,(H,14,15)(H,16,17). The van der Waals surface area contributed by atoms with Crippen LogP contribution in [0, 0.1) is 12.3 Å². The van der Waals surface area contributed by atoms with Crippen molar-refractivity contribution in [1.29, 1.82) is 0 Å². The number of benzene rings is 1. The summed E-state index contributed by atoms with van der Waals surface area (Å²) < 4.78 is 5.11. The van der Waals surface area contributed by atoms with Gasteiger partial charge in [0.2, 0.25) is 0 Å². The third-order valence-corrected chi connectivity index (χ3v) is 2.26. The van der Waals surface area contributed by atoms with Crippen molar-refractivity contribution in [3.63, 3.8) is 0 Å². The van der Waals surface area contributed by atoms with Crippen molar-refractivity contribution < 1.29 is 19.4 Å². The third-order valence-electron chi connectivity index (χ3n) is 1.93. The fraction of sp³-hybridized carbons (Fsp3) is 0.167. The summed E-state index contributed by atoms with van der Waals surface area (Å²) >= 11 is 5.68. The van der Waals surface area contributed by atoms with E-state index in [-0.39, 0.29) is 35.4 Å². The predicted octanol–water partition coefficient (Wildman–Crippen LogP) is 1.17. The van der Waals surface area contributed by atoms with Gasteiger partial charge in [0.25, 0.3) is 5.91 Å². The van der Waals surface area contributed by atoms with E-state index in [4.69, 9.17) is 27.9 Å². The number of carbonyl (C=O) groups is 2. The molecule has 0 spiro atoms. The highest BCUT2D eigenvalue weighted by Crippen LogP contribution is 2.21. The minimum atomic E-state index is -1.16. The first-order valence-electron chi connectivity index (χ1n) is 4.90. The van der Waals surface area contributed by atoms with Crippen LogP contribution < -0.4 is 10.1 Å². The Labute approximate surface area is 109 Å². The number of amides is 1. The zero-order valence-electron chi connectivity index (χ0n) is 9.27. The molecule has 18 heavy (non-hydrogen) atoms. The van der Waals surface area contributed by atoms with Gasteiger partial charge in [-0.2, -0.15) is 0 Å². The second-order valence-corrected chi connectivity index (χ2v) is 3.62. The molecular weight excluding hydrogens is 258 g/mol. The lowest BCUT2D eigenvalue weighted by Gasteiger charge is -2.07. The highest BCUT2D eigenvalue weighted by atomic mass is 35.5. The highest BCUT2D eigenvalue weighted by molar-refractivity contribution is 6.33. The molecule has 0 heterocycles. The van der Waals surface area contributed by atoms with Crippen molar-refractivity contribution in [1.82, 2.24) is 5.32 Å². The molecule has 94 valence electrons. The molecule has 2 N–H and O–H groups in total. The van der Waals surface area contributed by atoms with Crippen molar-refractivity contribution >= 4 is 23.5 Å². The number of hydrogen-bond donors (Lipinski definition) is 2. The average Bonchev–Trinajstić information content (AvgIpc) is 2.35. The van der Waals surface area contributed by atoms with E-state index in [0.717, 1.165) is 0 Å². The molecule has 0 radical (unpaired) electrons. The number of carboxylic acids is 1. The molecule has 0 aliphatic rings. The lowest BCUT2D eigenvalue weighted by Crippen LogP contribution is -2.29. The Balaban J connectivity index is 2.64. The number of ether oxygens (including phenoxy) is 1. The largest absolute Gasteiger partial charge is 0.484 e. The fourth-order valence-corrected chi connectivity index (χ4v) is 1.31. The molecule has 0 aliphatic carbocycles. The normalized spacial score (nSPS) is 9.33. The van der Waals surface area contributed by atoms with Crippen LogP contribution in [0.2, 0.25) is 5.02 Å². The summed E-state index contributed by atoms with van der Waals surface area (Å²) in [4.78, 5) is 22.0. The summed E-state index contributed by atoms with van der Waals surface area (Å²) in [5, 5.41) is 11.4. The Morgan fingerprint density at radius 1 is 1.50 bits per heavy atom. The molecule has 0 saturated heterocycles. The highest BCUT2D eigenvalue weighted by Gasteiger charge is 2.10. The summed E-state index contributed by atoms with van der Waals surface area (Å²) in [6.07, 6.45) is 4.97. The summed E-state index contributed by atoms with van der Waals surface area (Å²) in [6, 6.07) is 4.11. The predicted molar refractivity (Wildman–Crippen MR) is 65.7 cm³/mol. The molecule has 0 aromatic heterocycles. The molecule has 0 aliphatic heterocycles. The maximum atomic E-state index is 11.2. The number of carboxylic acid groups (broad SMARTS) is 1. The SMILES string of the molecule is C#CCNC(=O)COc1ccc(Cl)c(C(=O)O)c1. The summed E-state index contributed by atoms with van der Waals surface area (Å²) in [5.41, 5.74) is -0.0850. The van der Waals surface area contributed by atoms with Crippen LogP contribution in [-0.4, -0.2) is 30.1 Å². The van der Waals surface area contributed by atoms with Crippen molar-refractivity contribution in [2.75, 3.05) is 13.2 Å². The van der Waals surface area contributed by atoms with Crippen LogP contribution in [0.5, 0.6) is 5.75 Å². The molecule has 0 bridgehead atoms. The first-order valence-corrected chi connectivity index (χ1v) is 5.28. The van der Waals surface area contributed by atoms with Crippen LogP contribution in [0.15, 0.2) is 18.2 Å². The molecule has 0 unspecified atom stereocenters. The van der Waals surface area contributed by atoms with Crippen LogP contribution in [-0.2, 0) is 4.79 Å². The van der Waals surface area contributed by atoms with E-state index in [0.29, 0.717) is 0 Å². The smallest absolute Gasteiger partial charge is 0.337 e. The molecule has 0 fully saturated rings. The Hall–Kier alpha value is -2.19. The number of hydrogen-bond acceptors (Lipinski definition) is 3. The van der Waals surface area contributed by atoms with Gasteiger partial charge >= 0.3 is 5.97 Å². The van der Waals surface area contributed by atoms with Crippen molar-refractivity contribution in [2.24, 2.45) is 0 Å². The van der Waals surface area contributed by atoms with Crippen LogP contribution in [0.3, 0.4) is 0 Å². The summed E-state index contributed by atoms with van der Waals surface area (Å²) in [5.74, 6) is 0.935. The monoisotopic (exact) mass is 267 g/mol. The number of nitrogens with one attached hydrogen (secondary N) is 1. The van der Waals surface area contributed by atoms with E-state index in [1.54, 1.807) is 0 Å². The zero-order chi connectivity index (χ0) is 13.5. The molecule has 1 rings (SSSR count). The molecular formula is C12H10ClNO4. The maximum Gasteiger partial charge on any atom is 0.337 e. The van der Waals surface area contributed by atoms with Gasteiger partial charge in [-0.05, 0) is 18.2 Å². The number of terminal acetylenes is 1. The minimum Gasteiger partial charge on any atom is -0.484 e. The fourth-order valence-electron chi connectivity index (χ4n) is 1.11. The zero-order valence-corrected chi connectivity index (χ0v) is 10.0. The second-order valence-electron chi connectivity index (χ2n) is 3.22. The number of aromatic carboxylic acids is 1. The second kappa shape index (κ2) is 6.52. The number of halogens is 1. The first-order chi connectivity index (χ1) is 8.54. The maximum absolute atomic E-state index is 11.2. The molecule has 0 saturated carbocycles. The van der Waals surface area contributed by atoms with E-state index in [2.05, 4.69) is 11.2 Å². The van der Waals surface area contributed by atoms with Gasteiger partial charge in [0, 0.05) is 0 Å². The Morgan fingerprint density at radius 3 is 2.83 bits per heavy atom. The van der Waals surface area contributed by atoms with Crippen LogP contribution >= 0.6 is 11.6 Å². The molecule has 1 aromatic rings. The number of carbonyl (C=O) groups excluding carboxylic acids is 1. The molecule has 1 aromatic carbocycles. The van der Waals surface area contributed by atoms with Gasteiger partial charge in [-0.3, -0.25) is 4.79 Å². The molecule has 5 nitrogen and oxygen atoms in total. The number of rotatable bonds is 5. The van der Waals surface area contributed by atoms with Gasteiger partial charge in [0.05, 0.1) is 17.1 Å². The Bertz CT molecular complexity index is 507. The lowest BCUT2D eigenvalue weighted by molar-refractivity contribution is -0.122. The quantitative estimate of drug-likeness (QED) is 0.785. The molecule has 0 atom stereocenters. The average molecular weight is 268 g/mol. The molecule has 6 heteroatoms. The summed E-state index contributed by atoms with van der Waals surface area (Å²) in [7, 11) is 0. The van der Waals surface area contributed by atoms with Crippen molar-refractivity contribution in [3.8, 4) is 18.1 Å². The Kier molecular flexibility index (Phi) is 5.03. The minimum absolute atomic E-state index is 0.0850. The van der Waals surface area contributed by atoms with Gasteiger partial charge in [-0.25, -0.2) is 4.79 Å². The van der Waals surface area contributed by atoms with E-state index < -0.39 is 5.97 Å². The van der Waals surface area contributed by atoms with Crippen LogP contribution in [0.4, 0.5) is 0 Å². The van der Waals surface area contributed by atoms with Gasteiger partial charge in [-0.1, -0.05) is 17.5 Å². The van der Waals surface area contributed by atoms with Crippen molar-refractivity contribution in [2.45, 2.75) is 0 Å². The Morgan fingerprint density at radius 2 is 2.22 bits per heavy atom. The lowest BCUT2D eigenvalue weighted by atomic mass is 10.2. The van der Waals surface area contributed by atoms with E-state index >= 15 is 0 Å². The van der Waals surface area contributed by atoms with Crippen LogP contribution in [0.25, 0.3) is 0 Å². The van der Waals surface area contributed by atoms with Gasteiger partial charge in [0.1, 0.15) is 5.75 Å².